The van der Waals surface area contributed by atoms with Crippen LogP contribution in [-0.2, 0) is 14.9 Å². The van der Waals surface area contributed by atoms with Crippen LogP contribution in [0.1, 0.15) is 90.4 Å². The normalized spacial score (nSPS) is 13.6. The van der Waals surface area contributed by atoms with Gasteiger partial charge in [0, 0.05) is 12.8 Å². The molecule has 168 valence electrons. The standard InChI is InChI=1S/C21H43NO5S/c1-4-5-6-7-8-9-10-11-12-15-20(23)16-13-14-17-22(2,3)18-21(24)19-28(25,26)27/h21,24H,4-19H2,1-3H3. The molecule has 0 aliphatic rings. The van der Waals surface area contributed by atoms with Crippen LogP contribution in [0.5, 0.6) is 0 Å². The summed E-state index contributed by atoms with van der Waals surface area (Å²) in [6, 6.07) is 0. The van der Waals surface area contributed by atoms with E-state index in [1.165, 1.54) is 44.9 Å². The Morgan fingerprint density at radius 1 is 0.893 bits per heavy atom. The van der Waals surface area contributed by atoms with Gasteiger partial charge in [0.2, 0.25) is 0 Å². The van der Waals surface area contributed by atoms with E-state index < -0.39 is 22.0 Å². The van der Waals surface area contributed by atoms with Gasteiger partial charge < -0.3 is 14.1 Å². The molecule has 0 aliphatic carbocycles. The van der Waals surface area contributed by atoms with Crippen LogP contribution in [0, 0.1) is 0 Å². The molecule has 1 atom stereocenters. The fourth-order valence-corrected chi connectivity index (χ4v) is 4.15. The number of Topliss-reactive ketones (excluding diaryl/α,β-unsaturated/α-hetero) is 1. The largest absolute Gasteiger partial charge is 0.748 e. The maximum Gasteiger partial charge on any atom is 0.132 e. The molecule has 0 aliphatic heterocycles. The number of rotatable bonds is 19. The maximum atomic E-state index is 12.0. The number of carbonyl (C=O) groups excluding carboxylic acids is 1. The number of ketones is 1. The third-order valence-corrected chi connectivity index (χ3v) is 5.92. The molecule has 1 N–H and O–H groups in total. The maximum absolute atomic E-state index is 12.0. The number of nitrogens with zero attached hydrogens (tertiary/aromatic N) is 1. The van der Waals surface area contributed by atoms with Crippen LogP contribution in [0.4, 0.5) is 0 Å². The Labute approximate surface area is 173 Å². The first-order valence-corrected chi connectivity index (χ1v) is 12.6. The van der Waals surface area contributed by atoms with E-state index in [0.717, 1.165) is 32.2 Å². The zero-order valence-corrected chi connectivity index (χ0v) is 19.1. The summed E-state index contributed by atoms with van der Waals surface area (Å²) in [6.45, 7) is 3.18. The summed E-state index contributed by atoms with van der Waals surface area (Å²) in [7, 11) is -0.620. The predicted octanol–water partition coefficient (Wildman–Crippen LogP) is 3.63. The Morgan fingerprint density at radius 3 is 1.86 bits per heavy atom. The number of aliphatic hydroxyl groups is 1. The lowest BCUT2D eigenvalue weighted by Crippen LogP contribution is -2.47. The summed E-state index contributed by atoms with van der Waals surface area (Å²) in [5.74, 6) is -0.419. The highest BCUT2D eigenvalue weighted by Gasteiger charge is 2.21. The van der Waals surface area contributed by atoms with Crippen LogP contribution in [0.2, 0.25) is 0 Å². The Bertz CT molecular complexity index is 505. The minimum atomic E-state index is -4.41. The number of carbonyl (C=O) groups is 1. The smallest absolute Gasteiger partial charge is 0.132 e. The number of hydrogen-bond donors (Lipinski definition) is 1. The van der Waals surface area contributed by atoms with Crippen LogP contribution in [0.3, 0.4) is 0 Å². The first-order valence-electron chi connectivity index (χ1n) is 11.0. The third-order valence-electron chi connectivity index (χ3n) is 5.13. The van der Waals surface area contributed by atoms with Crippen molar-refractivity contribution >= 4 is 15.9 Å². The van der Waals surface area contributed by atoms with Crippen molar-refractivity contribution in [2.45, 2.75) is 96.5 Å². The molecular weight excluding hydrogens is 378 g/mol. The average Bonchev–Trinajstić information content (AvgIpc) is 2.55. The summed E-state index contributed by atoms with van der Waals surface area (Å²) < 4.78 is 32.5. The quantitative estimate of drug-likeness (QED) is 0.195. The highest BCUT2D eigenvalue weighted by atomic mass is 32.2. The van der Waals surface area contributed by atoms with E-state index in [4.69, 9.17) is 0 Å². The van der Waals surface area contributed by atoms with Gasteiger partial charge in [0.1, 0.15) is 18.4 Å². The minimum Gasteiger partial charge on any atom is -0.748 e. The Balaban J connectivity index is 3.67. The highest BCUT2D eigenvalue weighted by molar-refractivity contribution is 7.85. The third kappa shape index (κ3) is 18.8. The summed E-state index contributed by atoms with van der Waals surface area (Å²) >= 11 is 0. The van der Waals surface area contributed by atoms with Crippen LogP contribution < -0.4 is 0 Å². The van der Waals surface area contributed by atoms with Crippen molar-refractivity contribution in [2.75, 3.05) is 32.9 Å². The zero-order chi connectivity index (χ0) is 21.5. The van der Waals surface area contributed by atoms with Crippen LogP contribution in [0.15, 0.2) is 0 Å². The number of quaternary nitrogens is 1. The molecule has 0 spiro atoms. The van der Waals surface area contributed by atoms with Crippen LogP contribution in [-0.4, -0.2) is 67.4 Å². The van der Waals surface area contributed by atoms with Crippen molar-refractivity contribution in [1.29, 1.82) is 0 Å². The van der Waals surface area contributed by atoms with Gasteiger partial charge in [0.05, 0.1) is 36.5 Å². The summed E-state index contributed by atoms with van der Waals surface area (Å²) in [5, 5.41) is 9.73. The first kappa shape index (κ1) is 27.5. The van der Waals surface area contributed by atoms with Crippen molar-refractivity contribution < 1.29 is 27.4 Å². The van der Waals surface area contributed by atoms with Crippen molar-refractivity contribution in [2.24, 2.45) is 0 Å². The van der Waals surface area contributed by atoms with Gasteiger partial charge in [-0.15, -0.1) is 0 Å². The highest BCUT2D eigenvalue weighted by Crippen LogP contribution is 2.12. The first-order chi connectivity index (χ1) is 13.1. The SMILES string of the molecule is CCCCCCCCCCCC(=O)CCCC[N+](C)(C)CC(O)CS(=O)(=O)[O-]. The molecule has 0 bridgehead atoms. The number of hydrogen-bond acceptors (Lipinski definition) is 5. The zero-order valence-electron chi connectivity index (χ0n) is 18.3. The molecule has 0 radical (unpaired) electrons. The van der Waals surface area contributed by atoms with E-state index in [2.05, 4.69) is 6.92 Å². The van der Waals surface area contributed by atoms with E-state index in [-0.39, 0.29) is 6.54 Å². The van der Waals surface area contributed by atoms with Crippen LogP contribution >= 0.6 is 0 Å². The van der Waals surface area contributed by atoms with Crippen molar-refractivity contribution in [1.82, 2.24) is 0 Å². The number of aliphatic hydroxyl groups excluding tert-OH is 1. The molecule has 28 heavy (non-hydrogen) atoms. The lowest BCUT2D eigenvalue weighted by atomic mass is 10.0. The molecule has 6 nitrogen and oxygen atoms in total. The van der Waals surface area contributed by atoms with Gasteiger partial charge in [-0.3, -0.25) is 4.79 Å². The number of unbranched alkanes of at least 4 members (excludes halogenated alkanes) is 9. The molecule has 0 saturated heterocycles. The van der Waals surface area contributed by atoms with E-state index in [1.54, 1.807) is 0 Å². The second kappa shape index (κ2) is 15.4. The molecular formula is C21H43NO5S. The predicted molar refractivity (Wildman–Crippen MR) is 113 cm³/mol. The molecule has 0 amide bonds. The molecule has 0 aromatic heterocycles. The lowest BCUT2D eigenvalue weighted by Gasteiger charge is -2.32. The van der Waals surface area contributed by atoms with Crippen LogP contribution in [0.25, 0.3) is 0 Å². The van der Waals surface area contributed by atoms with Gasteiger partial charge in [0.25, 0.3) is 0 Å². The molecule has 0 rings (SSSR count). The Hall–Kier alpha value is -0.500. The number of likely N-dealkylation sites (N-methyl/N-ethyl adjacent to an activating group) is 1. The topological polar surface area (TPSA) is 94.5 Å². The average molecular weight is 422 g/mol. The van der Waals surface area contributed by atoms with E-state index in [0.29, 0.717) is 23.1 Å². The van der Waals surface area contributed by atoms with Crippen molar-refractivity contribution in [3.05, 3.63) is 0 Å². The van der Waals surface area contributed by atoms with Gasteiger partial charge in [0.15, 0.2) is 0 Å². The van der Waals surface area contributed by atoms with Gasteiger partial charge in [-0.1, -0.05) is 58.3 Å². The molecule has 0 aromatic rings. The molecule has 1 unspecified atom stereocenters. The van der Waals surface area contributed by atoms with Gasteiger partial charge in [-0.05, 0) is 19.3 Å². The monoisotopic (exact) mass is 421 g/mol. The molecule has 0 fully saturated rings. The molecule has 0 aromatic carbocycles. The van der Waals surface area contributed by atoms with Crippen molar-refractivity contribution in [3.8, 4) is 0 Å². The Morgan fingerprint density at radius 2 is 1.36 bits per heavy atom. The second-order valence-electron chi connectivity index (χ2n) is 8.79. The van der Waals surface area contributed by atoms with E-state index >= 15 is 0 Å². The van der Waals surface area contributed by atoms with Gasteiger partial charge in [-0.2, -0.15) is 0 Å². The van der Waals surface area contributed by atoms with Gasteiger partial charge >= 0.3 is 0 Å². The fraction of sp³-hybridized carbons (Fsp3) is 0.952. The molecule has 0 heterocycles. The van der Waals surface area contributed by atoms with Gasteiger partial charge in [-0.25, -0.2) is 8.42 Å². The second-order valence-corrected chi connectivity index (χ2v) is 10.2. The lowest BCUT2D eigenvalue weighted by molar-refractivity contribution is -0.893. The fourth-order valence-electron chi connectivity index (χ4n) is 3.57. The minimum absolute atomic E-state index is 0.216. The molecule has 0 saturated carbocycles. The summed E-state index contributed by atoms with van der Waals surface area (Å²) in [6.07, 6.45) is 13.0. The molecule has 7 heteroatoms. The summed E-state index contributed by atoms with van der Waals surface area (Å²) in [4.78, 5) is 12.0. The summed E-state index contributed by atoms with van der Waals surface area (Å²) in [5.41, 5.74) is 0. The Kier molecular flexibility index (Phi) is 15.1. The van der Waals surface area contributed by atoms with E-state index in [1.807, 2.05) is 14.1 Å². The van der Waals surface area contributed by atoms with E-state index in [9.17, 15) is 22.9 Å². The van der Waals surface area contributed by atoms with Crippen molar-refractivity contribution in [3.63, 3.8) is 0 Å².